The molecule has 1 amide bonds. The molecule has 0 aromatic rings. The second kappa shape index (κ2) is 5.30. The fourth-order valence-corrected chi connectivity index (χ4v) is 2.03. The zero-order valence-corrected chi connectivity index (χ0v) is 9.74. The maximum atomic E-state index is 12.0. The van der Waals surface area contributed by atoms with Crippen molar-refractivity contribution in [1.29, 1.82) is 0 Å². The number of nitrogens with zero attached hydrogens (tertiary/aromatic N) is 2. The summed E-state index contributed by atoms with van der Waals surface area (Å²) in [4.78, 5) is 18.2. The number of hydrogen-bond donors (Lipinski definition) is 1. The van der Waals surface area contributed by atoms with Crippen molar-refractivity contribution in [3.63, 3.8) is 0 Å². The van der Waals surface area contributed by atoms with Crippen molar-refractivity contribution in [1.82, 2.24) is 10.2 Å². The van der Waals surface area contributed by atoms with Gasteiger partial charge in [-0.15, -0.1) is 0 Å². The summed E-state index contributed by atoms with van der Waals surface area (Å²) >= 11 is 0. The van der Waals surface area contributed by atoms with Gasteiger partial charge in [0.05, 0.1) is 19.0 Å². The van der Waals surface area contributed by atoms with Gasteiger partial charge in [0, 0.05) is 26.1 Å². The Labute approximate surface area is 95.9 Å². The number of aliphatic imine (C=N–C) groups is 1. The number of rotatable bonds is 2. The normalized spacial score (nSPS) is 22.8. The molecule has 0 aliphatic carbocycles. The lowest BCUT2D eigenvalue weighted by molar-refractivity contribution is -0.136. The average Bonchev–Trinajstić information content (AvgIpc) is 2.82. The molecule has 90 valence electrons. The highest BCUT2D eigenvalue weighted by Crippen LogP contribution is 2.05. The third kappa shape index (κ3) is 2.72. The number of ether oxygens (including phenoxy) is 1. The molecule has 2 rings (SSSR count). The second-order valence-electron chi connectivity index (χ2n) is 4.24. The highest BCUT2D eigenvalue weighted by atomic mass is 16.5. The summed E-state index contributed by atoms with van der Waals surface area (Å²) in [6.07, 6.45) is 2.07. The summed E-state index contributed by atoms with van der Waals surface area (Å²) in [6.45, 7) is 5.51. The van der Waals surface area contributed by atoms with Crippen LogP contribution >= 0.6 is 0 Å². The average molecular weight is 225 g/mol. The third-order valence-electron chi connectivity index (χ3n) is 2.95. The Kier molecular flexibility index (Phi) is 3.77. The van der Waals surface area contributed by atoms with Crippen LogP contribution in [0.4, 0.5) is 0 Å². The van der Waals surface area contributed by atoms with Gasteiger partial charge < -0.3 is 15.0 Å². The molecule has 0 saturated carbocycles. The Balaban J connectivity index is 1.83. The molecule has 0 aromatic carbocycles. The molecule has 2 aliphatic heterocycles. The van der Waals surface area contributed by atoms with Crippen molar-refractivity contribution < 1.29 is 9.53 Å². The van der Waals surface area contributed by atoms with Gasteiger partial charge in [0.15, 0.2) is 0 Å². The lowest BCUT2D eigenvalue weighted by Crippen LogP contribution is -2.50. The first-order chi connectivity index (χ1) is 7.77. The Bertz CT molecular complexity index is 285. The van der Waals surface area contributed by atoms with Gasteiger partial charge in [-0.25, -0.2) is 0 Å². The minimum atomic E-state index is -0.171. The standard InChI is InChI=1S/C11H19N3O2/c1-9(13-10-3-2-4-12-10)11(15)14-5-7-16-8-6-14/h9H,2-8H2,1H3,(H,12,13). The lowest BCUT2D eigenvalue weighted by atomic mass is 10.2. The molecule has 0 spiro atoms. The Morgan fingerprint density at radius 1 is 1.50 bits per heavy atom. The Hall–Kier alpha value is -1.10. The summed E-state index contributed by atoms with van der Waals surface area (Å²) in [5, 5.41) is 3.19. The maximum absolute atomic E-state index is 12.0. The van der Waals surface area contributed by atoms with Crippen LogP contribution in [0.25, 0.3) is 0 Å². The molecule has 16 heavy (non-hydrogen) atoms. The van der Waals surface area contributed by atoms with Crippen molar-refractivity contribution >= 4 is 11.7 Å². The topological polar surface area (TPSA) is 53.9 Å². The zero-order valence-electron chi connectivity index (χ0n) is 9.74. The summed E-state index contributed by atoms with van der Waals surface area (Å²) in [5.74, 6) is 1.13. The van der Waals surface area contributed by atoms with Gasteiger partial charge in [-0.1, -0.05) is 0 Å². The molecule has 5 heteroatoms. The fourth-order valence-electron chi connectivity index (χ4n) is 2.03. The number of carbonyl (C=O) groups is 1. The molecule has 2 heterocycles. The molecule has 0 bridgehead atoms. The molecule has 0 radical (unpaired) electrons. The number of amides is 1. The van der Waals surface area contributed by atoms with Crippen molar-refractivity contribution in [2.24, 2.45) is 4.99 Å². The van der Waals surface area contributed by atoms with E-state index in [1.54, 1.807) is 0 Å². The van der Waals surface area contributed by atoms with E-state index in [9.17, 15) is 4.79 Å². The third-order valence-corrected chi connectivity index (χ3v) is 2.95. The van der Waals surface area contributed by atoms with Crippen LogP contribution in [0.5, 0.6) is 0 Å². The van der Waals surface area contributed by atoms with Gasteiger partial charge >= 0.3 is 0 Å². The molecule has 0 aromatic heterocycles. The maximum Gasteiger partial charge on any atom is 0.244 e. The first-order valence-corrected chi connectivity index (χ1v) is 5.94. The van der Waals surface area contributed by atoms with E-state index >= 15 is 0 Å². The number of nitrogens with one attached hydrogen (secondary N) is 1. The molecular formula is C11H19N3O2. The van der Waals surface area contributed by atoms with Crippen molar-refractivity contribution in [3.05, 3.63) is 0 Å². The molecule has 2 aliphatic rings. The van der Waals surface area contributed by atoms with E-state index in [0.717, 1.165) is 25.2 Å². The van der Waals surface area contributed by atoms with Crippen LogP contribution < -0.4 is 5.32 Å². The quantitative estimate of drug-likeness (QED) is 0.720. The molecule has 1 atom stereocenters. The van der Waals surface area contributed by atoms with Crippen LogP contribution in [0.2, 0.25) is 0 Å². The number of hydrogen-bond acceptors (Lipinski definition) is 4. The summed E-state index contributed by atoms with van der Waals surface area (Å²) in [6, 6.07) is -0.171. The highest BCUT2D eigenvalue weighted by molar-refractivity contribution is 5.90. The minimum absolute atomic E-state index is 0.151. The van der Waals surface area contributed by atoms with Gasteiger partial charge in [-0.05, 0) is 13.3 Å². The van der Waals surface area contributed by atoms with Crippen LogP contribution in [0.15, 0.2) is 4.99 Å². The number of amidine groups is 1. The monoisotopic (exact) mass is 225 g/mol. The Morgan fingerprint density at radius 3 is 2.88 bits per heavy atom. The summed E-state index contributed by atoms with van der Waals surface area (Å²) in [7, 11) is 0. The predicted octanol–water partition coefficient (Wildman–Crippen LogP) is 0.0156. The fraction of sp³-hybridized carbons (Fsp3) is 0.818. The zero-order chi connectivity index (χ0) is 11.4. The van der Waals surface area contributed by atoms with E-state index in [2.05, 4.69) is 10.3 Å². The summed E-state index contributed by atoms with van der Waals surface area (Å²) < 4.78 is 5.23. The largest absolute Gasteiger partial charge is 0.378 e. The van der Waals surface area contributed by atoms with Gasteiger partial charge in [-0.2, -0.15) is 0 Å². The minimum Gasteiger partial charge on any atom is -0.378 e. The SMILES string of the molecule is CC(NC1=NCCC1)C(=O)N1CCOCC1. The van der Waals surface area contributed by atoms with Gasteiger partial charge in [-0.3, -0.25) is 9.79 Å². The molecule has 5 nitrogen and oxygen atoms in total. The molecule has 1 saturated heterocycles. The van der Waals surface area contributed by atoms with E-state index in [1.807, 2.05) is 11.8 Å². The van der Waals surface area contributed by atoms with Crippen LogP contribution in [-0.4, -0.2) is 55.5 Å². The van der Waals surface area contributed by atoms with E-state index in [1.165, 1.54) is 0 Å². The van der Waals surface area contributed by atoms with E-state index < -0.39 is 0 Å². The van der Waals surface area contributed by atoms with Gasteiger partial charge in [0.2, 0.25) is 5.91 Å². The van der Waals surface area contributed by atoms with E-state index in [4.69, 9.17) is 4.74 Å². The van der Waals surface area contributed by atoms with Crippen molar-refractivity contribution in [3.8, 4) is 0 Å². The number of carbonyl (C=O) groups excluding carboxylic acids is 1. The lowest BCUT2D eigenvalue weighted by Gasteiger charge is -2.29. The summed E-state index contributed by atoms with van der Waals surface area (Å²) in [5.41, 5.74) is 0. The van der Waals surface area contributed by atoms with Crippen LogP contribution in [0, 0.1) is 0 Å². The van der Waals surface area contributed by atoms with Crippen LogP contribution in [-0.2, 0) is 9.53 Å². The van der Waals surface area contributed by atoms with Crippen LogP contribution in [0.1, 0.15) is 19.8 Å². The van der Waals surface area contributed by atoms with E-state index in [-0.39, 0.29) is 11.9 Å². The van der Waals surface area contributed by atoms with Crippen molar-refractivity contribution in [2.45, 2.75) is 25.8 Å². The second-order valence-corrected chi connectivity index (χ2v) is 4.24. The van der Waals surface area contributed by atoms with Gasteiger partial charge in [0.1, 0.15) is 6.04 Å². The van der Waals surface area contributed by atoms with Crippen molar-refractivity contribution in [2.75, 3.05) is 32.8 Å². The molecule has 1 fully saturated rings. The first kappa shape index (κ1) is 11.4. The molecule has 1 N–H and O–H groups in total. The highest BCUT2D eigenvalue weighted by Gasteiger charge is 2.23. The van der Waals surface area contributed by atoms with Crippen LogP contribution in [0.3, 0.4) is 0 Å². The smallest absolute Gasteiger partial charge is 0.244 e. The van der Waals surface area contributed by atoms with Gasteiger partial charge in [0.25, 0.3) is 0 Å². The number of morpholine rings is 1. The predicted molar refractivity (Wildman–Crippen MR) is 61.5 cm³/mol. The first-order valence-electron chi connectivity index (χ1n) is 5.94. The molecule has 1 unspecified atom stereocenters. The van der Waals surface area contributed by atoms with E-state index in [0.29, 0.717) is 26.3 Å². The Morgan fingerprint density at radius 2 is 2.25 bits per heavy atom. The molecular weight excluding hydrogens is 206 g/mol.